The molecule has 8 heteroatoms. The van der Waals surface area contributed by atoms with Gasteiger partial charge in [0.25, 0.3) is 5.91 Å². The molecule has 0 spiro atoms. The van der Waals surface area contributed by atoms with E-state index in [0.29, 0.717) is 25.4 Å². The van der Waals surface area contributed by atoms with Crippen LogP contribution in [0.3, 0.4) is 0 Å². The summed E-state index contributed by atoms with van der Waals surface area (Å²) in [4.78, 5) is 26.2. The third-order valence-corrected chi connectivity index (χ3v) is 5.17. The topological polar surface area (TPSA) is 92.4 Å². The lowest BCUT2D eigenvalue weighted by Gasteiger charge is -2.31. The number of amides is 3. The zero-order valence-electron chi connectivity index (χ0n) is 16.1. The molecule has 2 N–H and O–H groups in total. The maximum absolute atomic E-state index is 12.2. The molecule has 8 nitrogen and oxygen atoms in total. The van der Waals surface area contributed by atoms with Crippen LogP contribution in [0, 0.1) is 13.8 Å². The van der Waals surface area contributed by atoms with Crippen LogP contribution in [-0.2, 0) is 13.5 Å². The Hall–Kier alpha value is -2.77. The van der Waals surface area contributed by atoms with E-state index in [-0.39, 0.29) is 18.0 Å². The highest BCUT2D eigenvalue weighted by Gasteiger charge is 2.25. The van der Waals surface area contributed by atoms with Crippen molar-refractivity contribution in [2.45, 2.75) is 39.2 Å². The average molecular weight is 373 g/mol. The third-order valence-electron chi connectivity index (χ3n) is 5.17. The molecule has 0 aliphatic carbocycles. The van der Waals surface area contributed by atoms with Gasteiger partial charge in [-0.25, -0.2) is 4.79 Å². The van der Waals surface area contributed by atoms with Crippen LogP contribution in [0.2, 0.25) is 0 Å². The fourth-order valence-electron chi connectivity index (χ4n) is 3.50. The summed E-state index contributed by atoms with van der Waals surface area (Å²) < 4.78 is 7.03. The van der Waals surface area contributed by atoms with Crippen LogP contribution in [0.15, 0.2) is 22.8 Å². The van der Waals surface area contributed by atoms with Gasteiger partial charge < -0.3 is 20.0 Å². The molecule has 3 rings (SSSR count). The van der Waals surface area contributed by atoms with Crippen LogP contribution in [0.5, 0.6) is 0 Å². The van der Waals surface area contributed by atoms with Crippen molar-refractivity contribution < 1.29 is 14.0 Å². The molecule has 1 saturated heterocycles. The van der Waals surface area contributed by atoms with Gasteiger partial charge in [-0.05, 0) is 50.8 Å². The zero-order valence-corrected chi connectivity index (χ0v) is 16.1. The van der Waals surface area contributed by atoms with Crippen molar-refractivity contribution in [3.05, 3.63) is 41.1 Å². The summed E-state index contributed by atoms with van der Waals surface area (Å²) in [6.45, 7) is 5.81. The number of rotatable bonds is 5. The second kappa shape index (κ2) is 8.28. The van der Waals surface area contributed by atoms with Crippen molar-refractivity contribution in [2.24, 2.45) is 7.05 Å². The Morgan fingerprint density at radius 3 is 2.63 bits per heavy atom. The molecule has 0 atom stereocenters. The summed E-state index contributed by atoms with van der Waals surface area (Å²) in [5.41, 5.74) is 3.32. The van der Waals surface area contributed by atoms with E-state index >= 15 is 0 Å². The quantitative estimate of drug-likeness (QED) is 0.836. The van der Waals surface area contributed by atoms with Crippen molar-refractivity contribution >= 4 is 11.9 Å². The van der Waals surface area contributed by atoms with Gasteiger partial charge >= 0.3 is 6.03 Å². The van der Waals surface area contributed by atoms with Crippen LogP contribution in [0.4, 0.5) is 4.79 Å². The maximum atomic E-state index is 12.2. The minimum atomic E-state index is -0.162. The summed E-state index contributed by atoms with van der Waals surface area (Å²) in [6.07, 6.45) is 3.73. The van der Waals surface area contributed by atoms with E-state index in [1.165, 1.54) is 11.8 Å². The molecule has 0 bridgehead atoms. The molecule has 27 heavy (non-hydrogen) atoms. The number of hydrogen-bond donors (Lipinski definition) is 2. The van der Waals surface area contributed by atoms with Gasteiger partial charge in [0.15, 0.2) is 5.76 Å². The van der Waals surface area contributed by atoms with Gasteiger partial charge in [-0.3, -0.25) is 9.48 Å². The minimum Gasteiger partial charge on any atom is -0.459 e. The van der Waals surface area contributed by atoms with E-state index in [9.17, 15) is 9.59 Å². The Morgan fingerprint density at radius 2 is 2.04 bits per heavy atom. The Balaban J connectivity index is 1.39. The molecule has 3 amide bonds. The highest BCUT2D eigenvalue weighted by molar-refractivity contribution is 5.91. The summed E-state index contributed by atoms with van der Waals surface area (Å²) in [6, 6.07) is 3.30. The summed E-state index contributed by atoms with van der Waals surface area (Å²) in [5.74, 6) is 0.269. The molecule has 2 aromatic heterocycles. The van der Waals surface area contributed by atoms with Gasteiger partial charge in [-0.15, -0.1) is 0 Å². The number of aryl methyl sites for hydroxylation is 2. The van der Waals surface area contributed by atoms with E-state index in [0.717, 1.165) is 30.7 Å². The molecule has 1 fully saturated rings. The minimum absolute atomic E-state index is 0.0764. The highest BCUT2D eigenvalue weighted by atomic mass is 16.3. The monoisotopic (exact) mass is 373 g/mol. The first-order chi connectivity index (χ1) is 13.0. The van der Waals surface area contributed by atoms with Crippen LogP contribution in [-0.4, -0.2) is 52.3 Å². The molecule has 0 radical (unpaired) electrons. The Kier molecular flexibility index (Phi) is 5.83. The maximum Gasteiger partial charge on any atom is 0.315 e. The molecule has 3 heterocycles. The number of aromatic nitrogens is 2. The van der Waals surface area contributed by atoms with Crippen LogP contribution in [0.25, 0.3) is 0 Å². The largest absolute Gasteiger partial charge is 0.459 e. The standard InChI is InChI=1S/C19H27N5O3/c1-13-16(14(2)23(3)22-13)6-9-20-19(26)21-15-7-10-24(11-8-15)18(25)17-5-4-12-27-17/h4-5,12,15H,6-11H2,1-3H3,(H2,20,21,26). The number of nitrogens with one attached hydrogen (secondary N) is 2. The summed E-state index contributed by atoms with van der Waals surface area (Å²) in [7, 11) is 1.93. The third kappa shape index (κ3) is 4.50. The van der Waals surface area contributed by atoms with Gasteiger partial charge in [0.1, 0.15) is 0 Å². The Morgan fingerprint density at radius 1 is 1.30 bits per heavy atom. The predicted octanol–water partition coefficient (Wildman–Crippen LogP) is 1.78. The van der Waals surface area contributed by atoms with Crippen molar-refractivity contribution in [3.8, 4) is 0 Å². The average Bonchev–Trinajstić information content (AvgIpc) is 3.26. The summed E-state index contributed by atoms with van der Waals surface area (Å²) >= 11 is 0. The first kappa shape index (κ1) is 19.0. The molecular weight excluding hydrogens is 346 g/mol. The number of carbonyl (C=O) groups excluding carboxylic acids is 2. The van der Waals surface area contributed by atoms with Gasteiger partial charge in [0.2, 0.25) is 0 Å². The number of piperidine rings is 1. The Bertz CT molecular complexity index is 789. The van der Waals surface area contributed by atoms with Gasteiger partial charge in [-0.2, -0.15) is 5.10 Å². The van der Waals surface area contributed by atoms with Crippen LogP contribution < -0.4 is 10.6 Å². The number of hydrogen-bond acceptors (Lipinski definition) is 4. The lowest BCUT2D eigenvalue weighted by molar-refractivity contribution is 0.0676. The second-order valence-electron chi connectivity index (χ2n) is 6.97. The fraction of sp³-hybridized carbons (Fsp3) is 0.526. The molecule has 0 aromatic carbocycles. The van der Waals surface area contributed by atoms with Crippen LogP contribution >= 0.6 is 0 Å². The fourth-order valence-corrected chi connectivity index (χ4v) is 3.50. The van der Waals surface area contributed by atoms with E-state index in [2.05, 4.69) is 15.7 Å². The van der Waals surface area contributed by atoms with Gasteiger partial charge in [-0.1, -0.05) is 0 Å². The van der Waals surface area contributed by atoms with Crippen molar-refractivity contribution in [3.63, 3.8) is 0 Å². The van der Waals surface area contributed by atoms with E-state index < -0.39 is 0 Å². The first-order valence-corrected chi connectivity index (χ1v) is 9.32. The first-order valence-electron chi connectivity index (χ1n) is 9.32. The summed E-state index contributed by atoms with van der Waals surface area (Å²) in [5, 5.41) is 10.3. The predicted molar refractivity (Wildman–Crippen MR) is 101 cm³/mol. The number of likely N-dealkylation sites (tertiary alicyclic amines) is 1. The van der Waals surface area contributed by atoms with Crippen LogP contribution in [0.1, 0.15) is 40.3 Å². The number of furan rings is 1. The van der Waals surface area contributed by atoms with E-state index in [1.54, 1.807) is 17.0 Å². The van der Waals surface area contributed by atoms with Gasteiger partial charge in [0.05, 0.1) is 12.0 Å². The second-order valence-corrected chi connectivity index (χ2v) is 6.97. The number of nitrogens with zero attached hydrogens (tertiary/aromatic N) is 3. The lowest BCUT2D eigenvalue weighted by Crippen LogP contribution is -2.49. The highest BCUT2D eigenvalue weighted by Crippen LogP contribution is 2.15. The molecular formula is C19H27N5O3. The molecule has 0 unspecified atom stereocenters. The van der Waals surface area contributed by atoms with Crippen molar-refractivity contribution in [1.29, 1.82) is 0 Å². The van der Waals surface area contributed by atoms with E-state index in [4.69, 9.17) is 4.42 Å². The Labute approximate surface area is 158 Å². The number of urea groups is 1. The van der Waals surface area contributed by atoms with Crippen molar-refractivity contribution in [1.82, 2.24) is 25.3 Å². The van der Waals surface area contributed by atoms with Crippen molar-refractivity contribution in [2.75, 3.05) is 19.6 Å². The zero-order chi connectivity index (χ0) is 19.4. The number of carbonyl (C=O) groups is 2. The molecule has 1 aliphatic heterocycles. The molecule has 146 valence electrons. The van der Waals surface area contributed by atoms with E-state index in [1.807, 2.05) is 25.6 Å². The SMILES string of the molecule is Cc1nn(C)c(C)c1CCNC(=O)NC1CCN(C(=O)c2ccco2)CC1. The lowest BCUT2D eigenvalue weighted by atomic mass is 10.0. The van der Waals surface area contributed by atoms with Gasteiger partial charge in [0, 0.05) is 38.4 Å². The molecule has 2 aromatic rings. The molecule has 1 aliphatic rings. The molecule has 0 saturated carbocycles. The smallest absolute Gasteiger partial charge is 0.315 e. The normalized spacial score (nSPS) is 15.0.